The first-order chi connectivity index (χ1) is 16.1. The molecule has 2 unspecified atom stereocenters. The van der Waals surface area contributed by atoms with Gasteiger partial charge >= 0.3 is 0 Å². The highest BCUT2D eigenvalue weighted by molar-refractivity contribution is 8.16. The molecule has 1 saturated heterocycles. The highest BCUT2D eigenvalue weighted by Gasteiger charge is 2.37. The number of likely N-dealkylation sites (tertiary alicyclic amines) is 1. The summed E-state index contributed by atoms with van der Waals surface area (Å²) in [5.74, 6) is -0.0981. The first kappa shape index (κ1) is 22.1. The Balaban J connectivity index is 1.27. The van der Waals surface area contributed by atoms with Crippen LogP contribution in [-0.2, 0) is 4.79 Å². The molecule has 1 amide bonds. The van der Waals surface area contributed by atoms with Crippen molar-refractivity contribution < 1.29 is 9.18 Å². The summed E-state index contributed by atoms with van der Waals surface area (Å²) < 4.78 is 13.5. The summed E-state index contributed by atoms with van der Waals surface area (Å²) in [6, 6.07) is 17.3. The van der Waals surface area contributed by atoms with Crippen LogP contribution in [-0.4, -0.2) is 46.6 Å². The van der Waals surface area contributed by atoms with E-state index in [9.17, 15) is 9.18 Å². The fourth-order valence-electron chi connectivity index (χ4n) is 4.96. The van der Waals surface area contributed by atoms with Gasteiger partial charge in [-0.2, -0.15) is 0 Å². The summed E-state index contributed by atoms with van der Waals surface area (Å²) in [5, 5.41) is 2.74. The second-order valence-corrected chi connectivity index (χ2v) is 9.72. The van der Waals surface area contributed by atoms with Crippen LogP contribution in [0.3, 0.4) is 0 Å². The number of aliphatic imine (C=N–C) groups is 1. The monoisotopic (exact) mass is 461 g/mol. The topological polar surface area (TPSA) is 35.9 Å². The molecule has 4 nitrogen and oxygen atoms in total. The number of halogens is 1. The number of hydrogen-bond donors (Lipinski definition) is 0. The standard InChI is InChI=1S/C27H28FN3OS/c1-19-24(26(32)31-17-18-33-27(31)29-19)13-16-30-14-11-22(12-15-30)25(20-5-3-2-4-6-20)21-7-9-23(28)10-8-21/h2-10,17-19,24H,11-16H2,1H3. The minimum Gasteiger partial charge on any atom is -0.303 e. The number of thioether (sulfide) groups is 1. The Morgan fingerprint density at radius 1 is 1.06 bits per heavy atom. The zero-order valence-electron chi connectivity index (χ0n) is 18.8. The zero-order chi connectivity index (χ0) is 22.8. The number of carbonyl (C=O) groups is 1. The minimum absolute atomic E-state index is 0.0274. The zero-order valence-corrected chi connectivity index (χ0v) is 19.6. The SMILES string of the molecule is CC1N=C2SC=CN2C(=O)C1CCN1CCC(=C(c2ccccc2)c2ccc(F)cc2)CC1. The lowest BCUT2D eigenvalue weighted by molar-refractivity contribution is -0.131. The first-order valence-electron chi connectivity index (χ1n) is 11.6. The molecule has 2 aromatic rings. The first-order valence-corrected chi connectivity index (χ1v) is 12.5. The molecule has 3 heterocycles. The van der Waals surface area contributed by atoms with E-state index in [4.69, 9.17) is 4.99 Å². The van der Waals surface area contributed by atoms with E-state index >= 15 is 0 Å². The fraction of sp³-hybridized carbons (Fsp3) is 0.333. The number of hydrogen-bond acceptors (Lipinski definition) is 4. The average molecular weight is 462 g/mol. The Kier molecular flexibility index (Phi) is 6.47. The van der Waals surface area contributed by atoms with E-state index in [1.54, 1.807) is 4.90 Å². The van der Waals surface area contributed by atoms with Crippen molar-refractivity contribution in [2.75, 3.05) is 19.6 Å². The summed E-state index contributed by atoms with van der Waals surface area (Å²) in [6.45, 7) is 4.89. The van der Waals surface area contributed by atoms with Crippen molar-refractivity contribution in [1.82, 2.24) is 9.80 Å². The van der Waals surface area contributed by atoms with E-state index in [2.05, 4.69) is 36.1 Å². The van der Waals surface area contributed by atoms with Crippen LogP contribution in [0.25, 0.3) is 5.57 Å². The maximum Gasteiger partial charge on any atom is 0.237 e. The van der Waals surface area contributed by atoms with E-state index in [-0.39, 0.29) is 23.7 Å². The molecule has 1 fully saturated rings. The van der Waals surface area contributed by atoms with Crippen LogP contribution in [0.4, 0.5) is 4.39 Å². The van der Waals surface area contributed by atoms with Gasteiger partial charge in [-0.15, -0.1) is 0 Å². The van der Waals surface area contributed by atoms with Gasteiger partial charge < -0.3 is 4.90 Å². The number of amides is 1. The van der Waals surface area contributed by atoms with E-state index < -0.39 is 0 Å². The average Bonchev–Trinajstić information content (AvgIpc) is 3.31. The third kappa shape index (κ3) is 4.68. The van der Waals surface area contributed by atoms with E-state index in [1.807, 2.05) is 29.8 Å². The summed E-state index contributed by atoms with van der Waals surface area (Å²) in [6.07, 6.45) is 4.62. The molecule has 6 heteroatoms. The second-order valence-electron chi connectivity index (χ2n) is 8.85. The number of rotatable bonds is 5. The third-order valence-corrected chi connectivity index (χ3v) is 7.58. The van der Waals surface area contributed by atoms with Gasteiger partial charge in [0.15, 0.2) is 5.17 Å². The highest BCUT2D eigenvalue weighted by atomic mass is 32.2. The van der Waals surface area contributed by atoms with Crippen LogP contribution in [0.15, 0.2) is 76.8 Å². The Morgan fingerprint density at radius 3 is 2.48 bits per heavy atom. The van der Waals surface area contributed by atoms with Gasteiger partial charge in [-0.25, -0.2) is 4.39 Å². The van der Waals surface area contributed by atoms with Crippen LogP contribution in [0, 0.1) is 11.7 Å². The quantitative estimate of drug-likeness (QED) is 0.587. The molecule has 2 aromatic carbocycles. The predicted molar refractivity (Wildman–Crippen MR) is 133 cm³/mol. The molecule has 3 aliphatic rings. The van der Waals surface area contributed by atoms with Crippen molar-refractivity contribution in [3.8, 4) is 0 Å². The lowest BCUT2D eigenvalue weighted by Gasteiger charge is -2.34. The Morgan fingerprint density at radius 2 is 1.76 bits per heavy atom. The summed E-state index contributed by atoms with van der Waals surface area (Å²) >= 11 is 1.52. The fourth-order valence-corrected chi connectivity index (χ4v) is 5.76. The second kappa shape index (κ2) is 9.65. The molecule has 2 atom stereocenters. The highest BCUT2D eigenvalue weighted by Crippen LogP contribution is 2.34. The van der Waals surface area contributed by atoms with Gasteiger partial charge in [0.1, 0.15) is 5.82 Å². The summed E-state index contributed by atoms with van der Waals surface area (Å²) in [4.78, 5) is 21.8. The van der Waals surface area contributed by atoms with Crippen LogP contribution in [0.2, 0.25) is 0 Å². The van der Waals surface area contributed by atoms with Crippen LogP contribution < -0.4 is 0 Å². The molecule has 0 bridgehead atoms. The Bertz CT molecular complexity index is 1100. The molecule has 0 spiro atoms. The third-order valence-electron chi connectivity index (χ3n) is 6.81. The van der Waals surface area contributed by atoms with Crippen molar-refractivity contribution in [2.45, 2.75) is 32.2 Å². The van der Waals surface area contributed by atoms with Crippen molar-refractivity contribution >= 4 is 28.4 Å². The number of benzene rings is 2. The smallest absolute Gasteiger partial charge is 0.237 e. The number of amidine groups is 1. The van der Waals surface area contributed by atoms with Crippen molar-refractivity contribution in [3.63, 3.8) is 0 Å². The predicted octanol–water partition coefficient (Wildman–Crippen LogP) is 5.53. The van der Waals surface area contributed by atoms with Gasteiger partial charge in [0.2, 0.25) is 5.91 Å². The van der Waals surface area contributed by atoms with Crippen LogP contribution >= 0.6 is 11.8 Å². The lowest BCUT2D eigenvalue weighted by Crippen LogP contribution is -2.44. The Hall–Kier alpha value is -2.70. The molecule has 0 aromatic heterocycles. The normalized spacial score (nSPS) is 23.0. The van der Waals surface area contributed by atoms with Gasteiger partial charge in [-0.05, 0) is 67.0 Å². The van der Waals surface area contributed by atoms with E-state index in [0.717, 1.165) is 49.6 Å². The maximum atomic E-state index is 13.5. The molecule has 0 saturated carbocycles. The molecule has 0 N–H and O–H groups in total. The van der Waals surface area contributed by atoms with Crippen LogP contribution in [0.5, 0.6) is 0 Å². The molecular weight excluding hydrogens is 433 g/mol. The van der Waals surface area contributed by atoms with E-state index in [0.29, 0.717) is 0 Å². The number of fused-ring (bicyclic) bond motifs is 1. The summed E-state index contributed by atoms with van der Waals surface area (Å²) in [7, 11) is 0. The summed E-state index contributed by atoms with van der Waals surface area (Å²) in [5.41, 5.74) is 4.89. The molecule has 5 rings (SSSR count). The van der Waals surface area contributed by atoms with Gasteiger partial charge in [-0.3, -0.25) is 14.7 Å². The van der Waals surface area contributed by atoms with E-state index in [1.165, 1.54) is 40.6 Å². The van der Waals surface area contributed by atoms with Crippen LogP contribution in [0.1, 0.15) is 37.3 Å². The van der Waals surface area contributed by atoms with Gasteiger partial charge in [0.25, 0.3) is 0 Å². The number of carbonyl (C=O) groups excluding carboxylic acids is 1. The van der Waals surface area contributed by atoms with Gasteiger partial charge in [0.05, 0.1) is 12.0 Å². The van der Waals surface area contributed by atoms with Crippen molar-refractivity contribution in [3.05, 3.63) is 88.7 Å². The molecule has 33 heavy (non-hydrogen) atoms. The molecule has 170 valence electrons. The lowest BCUT2D eigenvalue weighted by atomic mass is 9.88. The van der Waals surface area contributed by atoms with Gasteiger partial charge in [-0.1, -0.05) is 59.8 Å². The number of nitrogens with zero attached hydrogens (tertiary/aromatic N) is 3. The molecule has 3 aliphatic heterocycles. The van der Waals surface area contributed by atoms with Crippen molar-refractivity contribution in [1.29, 1.82) is 0 Å². The molecular formula is C27H28FN3OS. The molecule has 0 aliphatic carbocycles. The minimum atomic E-state index is -0.211. The molecule has 0 radical (unpaired) electrons. The maximum absolute atomic E-state index is 13.5. The van der Waals surface area contributed by atoms with Gasteiger partial charge in [0, 0.05) is 19.3 Å². The Labute approximate surface area is 198 Å². The van der Waals surface area contributed by atoms with Crippen molar-refractivity contribution in [2.24, 2.45) is 10.9 Å². The largest absolute Gasteiger partial charge is 0.303 e. The number of piperidine rings is 1.